The first-order valence-corrected chi connectivity index (χ1v) is 25.2. The number of nitrogens with one attached hydrogen (secondary N) is 9. The summed E-state index contributed by atoms with van der Waals surface area (Å²) in [5.41, 5.74) is 18.8. The molecule has 9 amide bonds. The number of aliphatic imine (C=N–C) groups is 1. The van der Waals surface area contributed by atoms with Gasteiger partial charge in [0.25, 0.3) is 0 Å². The summed E-state index contributed by atoms with van der Waals surface area (Å²) >= 11 is 0. The number of nitrogens with two attached hydrogens (primary N) is 3. The monoisotopic (exact) mass is 1030 g/mol. The summed E-state index contributed by atoms with van der Waals surface area (Å²) in [6.45, 7) is 3.21. The number of carbonyl (C=O) groups is 9. The second kappa shape index (κ2) is 29.4. The Morgan fingerprint density at radius 2 is 1.44 bits per heavy atom. The third-order valence-corrected chi connectivity index (χ3v) is 12.5. The van der Waals surface area contributed by atoms with Crippen molar-refractivity contribution in [1.82, 2.24) is 52.5 Å². The van der Waals surface area contributed by atoms with Gasteiger partial charge in [0.05, 0.1) is 6.33 Å². The minimum absolute atomic E-state index is 0.0198. The summed E-state index contributed by atoms with van der Waals surface area (Å²) in [5, 5.41) is 23.5. The van der Waals surface area contributed by atoms with E-state index >= 15 is 0 Å². The Balaban J connectivity index is 1.51. The molecule has 3 aromatic carbocycles. The second-order valence-electron chi connectivity index (χ2n) is 18.5. The lowest BCUT2D eigenvalue weighted by Gasteiger charge is -2.28. The zero-order chi connectivity index (χ0) is 54.3. The molecule has 0 radical (unpaired) electrons. The highest BCUT2D eigenvalue weighted by molar-refractivity contribution is 5.98. The van der Waals surface area contributed by atoms with Gasteiger partial charge in [0, 0.05) is 57.6 Å². The highest BCUT2D eigenvalue weighted by atomic mass is 16.2. The van der Waals surface area contributed by atoms with Gasteiger partial charge in [-0.25, -0.2) is 4.98 Å². The highest BCUT2D eigenvalue weighted by Gasteiger charge is 2.35. The van der Waals surface area contributed by atoms with Crippen LogP contribution >= 0.6 is 0 Å². The Bertz CT molecular complexity index is 2620. The van der Waals surface area contributed by atoms with E-state index in [1.54, 1.807) is 30.3 Å². The van der Waals surface area contributed by atoms with Gasteiger partial charge in [-0.15, -0.1) is 0 Å². The van der Waals surface area contributed by atoms with Crippen LogP contribution < -0.4 is 59.7 Å². The third-order valence-electron chi connectivity index (χ3n) is 12.5. The molecule has 15 N–H and O–H groups in total. The highest BCUT2D eigenvalue weighted by Crippen LogP contribution is 2.20. The molecular weight excluding hydrogens is 965 g/mol. The van der Waals surface area contributed by atoms with E-state index in [0.29, 0.717) is 24.1 Å². The largest absolute Gasteiger partial charge is 0.370 e. The Morgan fingerprint density at radius 3 is 2.13 bits per heavy atom. The zero-order valence-corrected chi connectivity index (χ0v) is 42.3. The average molecular weight is 1040 g/mol. The van der Waals surface area contributed by atoms with Crippen LogP contribution in [0.5, 0.6) is 0 Å². The average Bonchev–Trinajstić information content (AvgIpc) is 3.90. The first kappa shape index (κ1) is 57.5. The van der Waals surface area contributed by atoms with Gasteiger partial charge in [0.1, 0.15) is 42.3 Å². The smallest absolute Gasteiger partial charge is 0.243 e. The Labute approximate surface area is 434 Å². The molecule has 1 aliphatic rings. The number of fused-ring (bicyclic) bond motifs is 1. The molecule has 75 heavy (non-hydrogen) atoms. The van der Waals surface area contributed by atoms with Crippen molar-refractivity contribution in [3.63, 3.8) is 0 Å². The van der Waals surface area contributed by atoms with E-state index in [4.69, 9.17) is 17.2 Å². The maximum atomic E-state index is 14.6. The van der Waals surface area contributed by atoms with E-state index in [1.807, 2.05) is 49.4 Å². The van der Waals surface area contributed by atoms with Crippen LogP contribution in [0.15, 0.2) is 90.3 Å². The number of carbonyl (C=O) groups excluding carboxylic acids is 9. The number of hydrogen-bond donors (Lipinski definition) is 12. The molecule has 23 nitrogen and oxygen atoms in total. The van der Waals surface area contributed by atoms with Crippen molar-refractivity contribution < 1.29 is 43.2 Å². The number of aromatic amines is 1. The van der Waals surface area contributed by atoms with E-state index in [1.165, 1.54) is 19.4 Å². The number of unbranched alkanes of at least 4 members (excludes halogenated alkanes) is 1. The fraction of sp³-hybridized carbons (Fsp3) is 0.442. The number of amides is 9. The molecule has 0 bridgehead atoms. The predicted octanol–water partition coefficient (Wildman–Crippen LogP) is -0.576. The molecule has 0 saturated carbocycles. The number of rotatable bonds is 19. The fourth-order valence-electron chi connectivity index (χ4n) is 8.56. The van der Waals surface area contributed by atoms with Crippen LogP contribution in [0.4, 0.5) is 0 Å². The molecular formula is C52H70N14O9. The van der Waals surface area contributed by atoms with Crippen molar-refractivity contribution >= 4 is 69.9 Å². The number of nitrogens with zero attached hydrogens (tertiary/aromatic N) is 2. The number of guanidine groups is 1. The van der Waals surface area contributed by atoms with Gasteiger partial charge in [0.2, 0.25) is 53.2 Å². The maximum absolute atomic E-state index is 14.6. The van der Waals surface area contributed by atoms with E-state index in [0.717, 1.165) is 16.3 Å². The summed E-state index contributed by atoms with van der Waals surface area (Å²) in [6, 6.07) is 12.7. The molecule has 0 unspecified atom stereocenters. The Kier molecular flexibility index (Phi) is 22.5. The van der Waals surface area contributed by atoms with Crippen LogP contribution in [-0.2, 0) is 62.4 Å². The molecule has 402 valence electrons. The lowest BCUT2D eigenvalue weighted by Crippen LogP contribution is -2.60. The number of primary amides is 1. The lowest BCUT2D eigenvalue weighted by atomic mass is 9.98. The summed E-state index contributed by atoms with van der Waals surface area (Å²) in [4.78, 5) is 136. The van der Waals surface area contributed by atoms with Crippen molar-refractivity contribution in [2.24, 2.45) is 22.2 Å². The van der Waals surface area contributed by atoms with E-state index in [-0.39, 0.29) is 83.3 Å². The van der Waals surface area contributed by atoms with Gasteiger partial charge < -0.3 is 64.7 Å². The molecule has 1 saturated heterocycles. The van der Waals surface area contributed by atoms with Crippen LogP contribution in [0.25, 0.3) is 10.8 Å². The number of benzene rings is 3. The van der Waals surface area contributed by atoms with Crippen molar-refractivity contribution in [3.05, 3.63) is 102 Å². The lowest BCUT2D eigenvalue weighted by molar-refractivity contribution is -0.136. The molecule has 2 heterocycles. The van der Waals surface area contributed by atoms with Gasteiger partial charge in [-0.05, 0) is 60.4 Å². The van der Waals surface area contributed by atoms with Crippen molar-refractivity contribution in [3.8, 4) is 0 Å². The maximum Gasteiger partial charge on any atom is 0.243 e. The van der Waals surface area contributed by atoms with Gasteiger partial charge in [0.15, 0.2) is 5.96 Å². The molecule has 1 fully saturated rings. The molecule has 4 aromatic rings. The van der Waals surface area contributed by atoms with E-state index in [9.17, 15) is 43.2 Å². The summed E-state index contributed by atoms with van der Waals surface area (Å²) in [7, 11) is 0. The predicted molar refractivity (Wildman–Crippen MR) is 279 cm³/mol. The topological polar surface area (TPSA) is 369 Å². The summed E-state index contributed by atoms with van der Waals surface area (Å²) in [6.07, 6.45) is 3.72. The van der Waals surface area contributed by atoms with Gasteiger partial charge in [-0.2, -0.15) is 0 Å². The number of aromatic nitrogens is 2. The number of H-pyrrole nitrogens is 1. The SMILES string of the molecule is CCCC[C@H](NC(C)=O)C(=O)N[C@H]1CCC(=O)NCCC[C@@H](C(=O)N[C@@H](Cc2cccc3ccccc23)C(N)=O)NC(=O)[C@H](CCCN=C(N)N)NC(=O)[C@@H](Cc2ccccc2)NC(=O)[C@H](Cc2cnc[nH]2)NC1=O. The fourth-order valence-corrected chi connectivity index (χ4v) is 8.56. The Morgan fingerprint density at radius 1 is 0.760 bits per heavy atom. The van der Waals surface area contributed by atoms with Crippen molar-refractivity contribution in [2.45, 2.75) is 133 Å². The molecule has 0 aliphatic carbocycles. The quantitative estimate of drug-likeness (QED) is 0.0319. The Hall–Kier alpha value is -8.37. The molecule has 0 spiro atoms. The van der Waals surface area contributed by atoms with Crippen molar-refractivity contribution in [2.75, 3.05) is 13.1 Å². The molecule has 1 aliphatic heterocycles. The normalized spacial score (nSPS) is 20.1. The number of hydrogen-bond acceptors (Lipinski definition) is 11. The van der Waals surface area contributed by atoms with Crippen LogP contribution in [0.1, 0.15) is 88.5 Å². The number of imidazole rings is 1. The van der Waals surface area contributed by atoms with Crippen LogP contribution in [0.2, 0.25) is 0 Å². The van der Waals surface area contributed by atoms with Gasteiger partial charge in [-0.3, -0.25) is 48.1 Å². The first-order chi connectivity index (χ1) is 36.0. The minimum Gasteiger partial charge on any atom is -0.370 e. The molecule has 23 heteroatoms. The molecule has 1 aromatic heterocycles. The zero-order valence-electron chi connectivity index (χ0n) is 42.3. The summed E-state index contributed by atoms with van der Waals surface area (Å²) in [5.74, 6) is -6.76. The standard InChI is InChI=1S/C52H70N14O9/c1-3-4-19-37(60-31(2)67)46(70)63-40-22-23-44(68)57-24-11-20-39(48(72)64-41(45(53)69)27-34-17-10-16-33-15-8-9-18-36(33)34)61-47(71)38(21-12-25-58-52(54)55)62-50(74)42(26-32-13-6-5-7-14-32)65-51(75)43(66-49(40)73)28-35-29-56-30-59-35/h5-10,13-18,29-30,37-43H,3-4,11-12,19-28H2,1-2H3,(H2,53,69)(H,56,59)(H,57,68)(H,60,67)(H,61,71)(H,62,74)(H,63,70)(H,64,72)(H,65,75)(H,66,73)(H4,54,55,58)/t37-,38-,39-,40-,41-,42+,43-/m0/s1. The summed E-state index contributed by atoms with van der Waals surface area (Å²) < 4.78 is 0. The second-order valence-corrected chi connectivity index (χ2v) is 18.5. The molecule has 7 atom stereocenters. The van der Waals surface area contributed by atoms with Crippen LogP contribution in [0.3, 0.4) is 0 Å². The third kappa shape index (κ3) is 18.9. The van der Waals surface area contributed by atoms with Crippen LogP contribution in [0, 0.1) is 0 Å². The molecule has 5 rings (SSSR count). The van der Waals surface area contributed by atoms with Gasteiger partial charge in [-0.1, -0.05) is 92.6 Å². The van der Waals surface area contributed by atoms with Crippen molar-refractivity contribution in [1.29, 1.82) is 0 Å². The first-order valence-electron chi connectivity index (χ1n) is 25.2. The van der Waals surface area contributed by atoms with E-state index in [2.05, 4.69) is 57.5 Å². The van der Waals surface area contributed by atoms with Crippen LogP contribution in [-0.4, -0.2) is 124 Å². The minimum atomic E-state index is -1.41. The van der Waals surface area contributed by atoms with Gasteiger partial charge >= 0.3 is 0 Å². The van der Waals surface area contributed by atoms with E-state index < -0.39 is 95.5 Å².